The van der Waals surface area contributed by atoms with E-state index >= 15 is 0 Å². The Labute approximate surface area is 70.0 Å². The van der Waals surface area contributed by atoms with Crippen molar-refractivity contribution in [3.63, 3.8) is 0 Å². The van der Waals surface area contributed by atoms with Crippen molar-refractivity contribution in [1.29, 1.82) is 0 Å². The first-order valence-electron chi connectivity index (χ1n) is 3.92. The van der Waals surface area contributed by atoms with Crippen molar-refractivity contribution in [2.75, 3.05) is 27.0 Å². The average Bonchev–Trinajstić information content (AvgIpc) is 2.02. The summed E-state index contributed by atoms with van der Waals surface area (Å²) in [5.74, 6) is 0. The summed E-state index contributed by atoms with van der Waals surface area (Å²) >= 11 is 0. The van der Waals surface area contributed by atoms with Crippen molar-refractivity contribution >= 4 is 8.32 Å². The van der Waals surface area contributed by atoms with Gasteiger partial charge in [0.2, 0.25) is 8.32 Å². The molecule has 0 radical (unpaired) electrons. The number of hydrogen-bond acceptors (Lipinski definition) is 3. The summed E-state index contributed by atoms with van der Waals surface area (Å²) in [4.78, 5) is 0. The standard InChI is InChI=1S/C7H19NO2Si/c1-9-7-11(3,10-2)6-4-5-8/h4-8H2,1-3H3. The van der Waals surface area contributed by atoms with Gasteiger partial charge in [0, 0.05) is 14.2 Å². The van der Waals surface area contributed by atoms with Crippen molar-refractivity contribution in [1.82, 2.24) is 0 Å². The van der Waals surface area contributed by atoms with Gasteiger partial charge in [-0.1, -0.05) is 0 Å². The van der Waals surface area contributed by atoms with Crippen molar-refractivity contribution in [3.8, 4) is 0 Å². The Morgan fingerprint density at radius 2 is 2.00 bits per heavy atom. The van der Waals surface area contributed by atoms with Crippen LogP contribution in [0.3, 0.4) is 0 Å². The van der Waals surface area contributed by atoms with Gasteiger partial charge in [0.1, 0.15) is 0 Å². The molecule has 0 aromatic heterocycles. The van der Waals surface area contributed by atoms with Gasteiger partial charge in [0.25, 0.3) is 0 Å². The predicted octanol–water partition coefficient (Wildman–Crippen LogP) is 0.743. The molecule has 0 saturated carbocycles. The van der Waals surface area contributed by atoms with E-state index in [1.165, 1.54) is 0 Å². The normalized spacial score (nSPS) is 16.4. The van der Waals surface area contributed by atoms with E-state index in [9.17, 15) is 0 Å². The quantitative estimate of drug-likeness (QED) is 0.609. The Morgan fingerprint density at radius 1 is 1.36 bits per heavy atom. The van der Waals surface area contributed by atoms with E-state index in [1.54, 1.807) is 14.2 Å². The van der Waals surface area contributed by atoms with E-state index in [1.807, 2.05) is 0 Å². The second-order valence-electron chi connectivity index (χ2n) is 2.98. The monoisotopic (exact) mass is 177 g/mol. The van der Waals surface area contributed by atoms with Crippen LogP contribution in [-0.4, -0.2) is 35.3 Å². The predicted molar refractivity (Wildman–Crippen MR) is 49.0 cm³/mol. The molecule has 0 bridgehead atoms. The Bertz CT molecular complexity index is 102. The van der Waals surface area contributed by atoms with Gasteiger partial charge in [-0.15, -0.1) is 0 Å². The van der Waals surface area contributed by atoms with Crippen LogP contribution in [0.15, 0.2) is 0 Å². The Kier molecular flexibility index (Phi) is 5.76. The molecule has 68 valence electrons. The summed E-state index contributed by atoms with van der Waals surface area (Å²) in [5.41, 5.74) is 5.41. The molecule has 1 unspecified atom stereocenters. The maximum absolute atomic E-state index is 5.44. The molecule has 0 aromatic carbocycles. The molecule has 3 nitrogen and oxygen atoms in total. The lowest BCUT2D eigenvalue weighted by Gasteiger charge is -2.23. The highest BCUT2D eigenvalue weighted by molar-refractivity contribution is 6.72. The lowest BCUT2D eigenvalue weighted by molar-refractivity contribution is 0.221. The summed E-state index contributed by atoms with van der Waals surface area (Å²) in [6, 6.07) is 1.09. The second-order valence-corrected chi connectivity index (χ2v) is 7.08. The highest BCUT2D eigenvalue weighted by atomic mass is 28.4. The van der Waals surface area contributed by atoms with Crippen LogP contribution in [0.4, 0.5) is 0 Å². The van der Waals surface area contributed by atoms with Crippen LogP contribution in [-0.2, 0) is 9.16 Å². The van der Waals surface area contributed by atoms with Gasteiger partial charge in [-0.05, 0) is 25.6 Å². The van der Waals surface area contributed by atoms with E-state index in [-0.39, 0.29) is 0 Å². The van der Waals surface area contributed by atoms with Gasteiger partial charge in [-0.3, -0.25) is 0 Å². The van der Waals surface area contributed by atoms with Crippen LogP contribution in [0.1, 0.15) is 6.42 Å². The molecule has 4 heteroatoms. The first-order chi connectivity index (χ1) is 5.18. The molecule has 0 saturated heterocycles. The molecular weight excluding hydrogens is 158 g/mol. The molecule has 0 aliphatic heterocycles. The molecular formula is C7H19NO2Si. The molecule has 11 heavy (non-hydrogen) atoms. The van der Waals surface area contributed by atoms with E-state index in [4.69, 9.17) is 14.9 Å². The molecule has 0 aromatic rings. The van der Waals surface area contributed by atoms with Crippen molar-refractivity contribution in [2.45, 2.75) is 19.0 Å². The smallest absolute Gasteiger partial charge is 0.214 e. The third-order valence-electron chi connectivity index (χ3n) is 1.85. The van der Waals surface area contributed by atoms with Crippen LogP contribution in [0.2, 0.25) is 12.6 Å². The fourth-order valence-electron chi connectivity index (χ4n) is 1.01. The molecule has 0 spiro atoms. The molecule has 0 aliphatic rings. The molecule has 2 N–H and O–H groups in total. The van der Waals surface area contributed by atoms with E-state index in [0.717, 1.165) is 25.2 Å². The van der Waals surface area contributed by atoms with Crippen LogP contribution >= 0.6 is 0 Å². The Hall–Kier alpha value is 0.0969. The van der Waals surface area contributed by atoms with Crippen LogP contribution in [0, 0.1) is 0 Å². The summed E-state index contributed by atoms with van der Waals surface area (Å²) in [7, 11) is 1.93. The second kappa shape index (κ2) is 5.71. The number of hydrogen-bond donors (Lipinski definition) is 1. The Balaban J connectivity index is 3.68. The molecule has 0 amide bonds. The van der Waals surface area contributed by atoms with Crippen LogP contribution in [0.5, 0.6) is 0 Å². The van der Waals surface area contributed by atoms with Crippen LogP contribution < -0.4 is 5.73 Å². The lowest BCUT2D eigenvalue weighted by atomic mass is 10.5. The van der Waals surface area contributed by atoms with Gasteiger partial charge in [0.15, 0.2) is 0 Å². The van der Waals surface area contributed by atoms with Gasteiger partial charge < -0.3 is 14.9 Å². The summed E-state index contributed by atoms with van der Waals surface area (Å²) in [6.07, 6.45) is 1.81. The van der Waals surface area contributed by atoms with Crippen LogP contribution in [0.25, 0.3) is 0 Å². The van der Waals surface area contributed by atoms with Gasteiger partial charge >= 0.3 is 0 Å². The SMILES string of the molecule is COC[Si](C)(CCCN)OC. The highest BCUT2D eigenvalue weighted by Crippen LogP contribution is 2.12. The molecule has 0 aliphatic carbocycles. The Morgan fingerprint density at radius 3 is 2.36 bits per heavy atom. The minimum Gasteiger partial charge on any atom is -0.418 e. The van der Waals surface area contributed by atoms with Crippen molar-refractivity contribution in [2.24, 2.45) is 5.73 Å². The zero-order valence-corrected chi connectivity index (χ0v) is 8.72. The summed E-state index contributed by atoms with van der Waals surface area (Å²) in [6.45, 7) is 2.92. The summed E-state index contributed by atoms with van der Waals surface area (Å²) < 4.78 is 10.5. The zero-order valence-electron chi connectivity index (χ0n) is 7.72. The number of rotatable bonds is 6. The average molecular weight is 177 g/mol. The molecule has 0 fully saturated rings. The van der Waals surface area contributed by atoms with E-state index in [0.29, 0.717) is 0 Å². The molecule has 0 rings (SSSR count). The maximum Gasteiger partial charge on any atom is 0.214 e. The van der Waals surface area contributed by atoms with Crippen molar-refractivity contribution in [3.05, 3.63) is 0 Å². The summed E-state index contributed by atoms with van der Waals surface area (Å²) in [5, 5.41) is 0. The third kappa shape index (κ3) is 4.52. The van der Waals surface area contributed by atoms with E-state index < -0.39 is 8.32 Å². The highest BCUT2D eigenvalue weighted by Gasteiger charge is 2.26. The minimum atomic E-state index is -1.55. The lowest BCUT2D eigenvalue weighted by Crippen LogP contribution is -2.39. The van der Waals surface area contributed by atoms with Crippen molar-refractivity contribution < 1.29 is 9.16 Å². The first kappa shape index (κ1) is 11.1. The molecule has 0 heterocycles. The van der Waals surface area contributed by atoms with E-state index in [2.05, 4.69) is 6.55 Å². The zero-order chi connectivity index (χ0) is 8.74. The maximum atomic E-state index is 5.44. The molecule has 1 atom stereocenters. The third-order valence-corrected chi connectivity index (χ3v) is 5.15. The number of nitrogens with two attached hydrogens (primary N) is 1. The minimum absolute atomic E-state index is 0.746. The fraction of sp³-hybridized carbons (Fsp3) is 1.00. The fourth-order valence-corrected chi connectivity index (χ4v) is 3.04. The number of methoxy groups -OCH3 is 1. The van der Waals surface area contributed by atoms with Gasteiger partial charge in [0.05, 0.1) is 6.23 Å². The van der Waals surface area contributed by atoms with Gasteiger partial charge in [-0.2, -0.15) is 0 Å². The largest absolute Gasteiger partial charge is 0.418 e. The number of ether oxygens (including phenoxy) is 1. The first-order valence-corrected chi connectivity index (χ1v) is 6.75. The van der Waals surface area contributed by atoms with Gasteiger partial charge in [-0.25, -0.2) is 0 Å². The topological polar surface area (TPSA) is 44.5 Å².